The highest BCUT2D eigenvalue weighted by Gasteiger charge is 2.41. The van der Waals surface area contributed by atoms with Crippen molar-refractivity contribution >= 4 is 34.3 Å². The Morgan fingerprint density at radius 3 is 2.62 bits per heavy atom. The normalized spacial score (nSPS) is 23.6. The summed E-state index contributed by atoms with van der Waals surface area (Å²) in [7, 11) is 0. The first-order valence-corrected chi connectivity index (χ1v) is 15.8. The van der Waals surface area contributed by atoms with Gasteiger partial charge in [0, 0.05) is 62.6 Å². The van der Waals surface area contributed by atoms with Crippen LogP contribution >= 0.6 is 0 Å². The molecule has 3 fully saturated rings. The van der Waals surface area contributed by atoms with Crippen molar-refractivity contribution < 1.29 is 46.2 Å². The van der Waals surface area contributed by atoms with Gasteiger partial charge in [0.25, 0.3) is 5.91 Å². The molecule has 3 atom stereocenters. The fourth-order valence-corrected chi connectivity index (χ4v) is 6.95. The number of piperidine rings is 1. The number of ether oxygens (including phenoxy) is 3. The summed E-state index contributed by atoms with van der Waals surface area (Å²) >= 11 is 0. The zero-order valence-corrected chi connectivity index (χ0v) is 25.8. The molecule has 254 valence electrons. The number of anilines is 1. The number of hydrogen-bond acceptors (Lipinski definition) is 9. The van der Waals surface area contributed by atoms with Crippen molar-refractivity contribution in [1.29, 1.82) is 0 Å². The van der Waals surface area contributed by atoms with Gasteiger partial charge in [0.2, 0.25) is 11.8 Å². The number of pyridine rings is 1. The summed E-state index contributed by atoms with van der Waals surface area (Å²) in [6.07, 6.45) is -3.53. The molecule has 7 rings (SSSR count). The molecule has 3 saturated heterocycles. The molecule has 48 heavy (non-hydrogen) atoms. The highest BCUT2D eigenvalue weighted by molar-refractivity contribution is 6.05. The number of likely N-dealkylation sites (tertiary alicyclic amines) is 1. The van der Waals surface area contributed by atoms with Crippen LogP contribution in [0.4, 0.5) is 23.2 Å². The lowest BCUT2D eigenvalue weighted by Gasteiger charge is -2.29. The van der Waals surface area contributed by atoms with Gasteiger partial charge in [-0.2, -0.15) is 0 Å². The molecule has 5 heterocycles. The van der Waals surface area contributed by atoms with E-state index in [0.29, 0.717) is 54.1 Å². The van der Waals surface area contributed by atoms with Crippen LogP contribution in [0.1, 0.15) is 34.3 Å². The van der Waals surface area contributed by atoms with Gasteiger partial charge in [-0.05, 0) is 53.9 Å². The molecule has 4 aliphatic rings. The molecule has 0 aliphatic carbocycles. The number of amides is 3. The average Bonchev–Trinajstić information content (AvgIpc) is 3.58. The predicted molar refractivity (Wildman–Crippen MR) is 162 cm³/mol. The molecule has 11 nitrogen and oxygen atoms in total. The summed E-state index contributed by atoms with van der Waals surface area (Å²) < 4.78 is 70.3. The fourth-order valence-electron chi connectivity index (χ4n) is 6.95. The van der Waals surface area contributed by atoms with Crippen molar-refractivity contribution in [2.75, 3.05) is 50.9 Å². The van der Waals surface area contributed by atoms with Crippen LogP contribution in [0.15, 0.2) is 42.6 Å². The number of benzene rings is 2. The van der Waals surface area contributed by atoms with Gasteiger partial charge in [-0.3, -0.25) is 34.3 Å². The Labute approximate surface area is 272 Å². The van der Waals surface area contributed by atoms with Gasteiger partial charge in [-0.1, -0.05) is 0 Å². The third kappa shape index (κ3) is 6.80. The molecule has 2 aromatic carbocycles. The Balaban J connectivity index is 1.07. The summed E-state index contributed by atoms with van der Waals surface area (Å²) in [5.74, 6) is -2.05. The second-order valence-corrected chi connectivity index (χ2v) is 12.5. The third-order valence-electron chi connectivity index (χ3n) is 9.26. The van der Waals surface area contributed by atoms with E-state index in [1.807, 2.05) is 17.0 Å². The minimum absolute atomic E-state index is 0.128. The van der Waals surface area contributed by atoms with Crippen molar-refractivity contribution in [3.63, 3.8) is 0 Å². The van der Waals surface area contributed by atoms with Crippen molar-refractivity contribution in [1.82, 2.24) is 20.1 Å². The summed E-state index contributed by atoms with van der Waals surface area (Å²) in [5.41, 5.74) is 2.74. The van der Waals surface area contributed by atoms with Crippen LogP contribution in [0.3, 0.4) is 0 Å². The molecule has 1 N–H and O–H groups in total. The van der Waals surface area contributed by atoms with Crippen LogP contribution in [0.25, 0.3) is 10.9 Å². The lowest BCUT2D eigenvalue weighted by molar-refractivity contribution is -0.329. The van der Waals surface area contributed by atoms with Crippen molar-refractivity contribution in [3.05, 3.63) is 65.1 Å². The molecular formula is C33H33F4N5O6. The predicted octanol–water partition coefficient (Wildman–Crippen LogP) is 3.39. The van der Waals surface area contributed by atoms with Crippen LogP contribution in [-0.2, 0) is 32.2 Å². The summed E-state index contributed by atoms with van der Waals surface area (Å²) in [5, 5.41) is 2.89. The highest BCUT2D eigenvalue weighted by Crippen LogP contribution is 2.33. The summed E-state index contributed by atoms with van der Waals surface area (Å²) in [4.78, 5) is 46.8. The number of imide groups is 1. The second kappa shape index (κ2) is 12.9. The number of aromatic nitrogens is 1. The van der Waals surface area contributed by atoms with Crippen LogP contribution in [0, 0.1) is 11.7 Å². The van der Waals surface area contributed by atoms with Crippen LogP contribution in [0.2, 0.25) is 0 Å². The number of rotatable bonds is 8. The first kappa shape index (κ1) is 32.2. The maximum absolute atomic E-state index is 15.2. The minimum Gasteiger partial charge on any atom is -0.489 e. The molecule has 0 spiro atoms. The number of halogens is 4. The zero-order valence-electron chi connectivity index (χ0n) is 25.8. The van der Waals surface area contributed by atoms with Crippen LogP contribution in [0.5, 0.6) is 5.75 Å². The summed E-state index contributed by atoms with van der Waals surface area (Å²) in [6.45, 7) is 2.80. The van der Waals surface area contributed by atoms with E-state index in [0.717, 1.165) is 5.69 Å². The number of nitrogens with one attached hydrogen (secondary N) is 1. The van der Waals surface area contributed by atoms with Crippen molar-refractivity contribution in [2.24, 2.45) is 5.92 Å². The quantitative estimate of drug-likeness (QED) is 0.285. The number of morpholine rings is 1. The van der Waals surface area contributed by atoms with E-state index in [9.17, 15) is 27.6 Å². The topological polar surface area (TPSA) is 114 Å². The van der Waals surface area contributed by atoms with Gasteiger partial charge in [0.15, 0.2) is 0 Å². The van der Waals surface area contributed by atoms with Gasteiger partial charge in [0.1, 0.15) is 29.2 Å². The summed E-state index contributed by atoms with van der Waals surface area (Å²) in [6, 6.07) is 9.15. The maximum Gasteiger partial charge on any atom is 0.522 e. The SMILES string of the molecule is O=C1CC[C@H](N2Cc3cc(O[C@@H]4CN(Cc5cc(F)c6ncc(N7CCOCC7)cc6c5)C[C@H]4COC(F)(F)F)ccc3C2=O)C(=O)N1. The maximum atomic E-state index is 15.2. The van der Waals surface area contributed by atoms with E-state index >= 15 is 4.39 Å². The van der Waals surface area contributed by atoms with E-state index in [1.54, 1.807) is 24.4 Å². The zero-order chi connectivity index (χ0) is 33.6. The van der Waals surface area contributed by atoms with E-state index in [-0.39, 0.29) is 56.4 Å². The minimum atomic E-state index is -4.82. The van der Waals surface area contributed by atoms with Gasteiger partial charge in [-0.15, -0.1) is 13.2 Å². The van der Waals surface area contributed by atoms with E-state index in [2.05, 4.69) is 19.9 Å². The highest BCUT2D eigenvalue weighted by atomic mass is 19.4. The monoisotopic (exact) mass is 671 g/mol. The molecule has 0 bridgehead atoms. The van der Waals surface area contributed by atoms with Crippen molar-refractivity contribution in [2.45, 2.75) is 44.4 Å². The van der Waals surface area contributed by atoms with E-state index < -0.39 is 42.8 Å². The van der Waals surface area contributed by atoms with Crippen LogP contribution < -0.4 is 15.0 Å². The van der Waals surface area contributed by atoms with Gasteiger partial charge in [-0.25, -0.2) is 4.39 Å². The Hall–Kier alpha value is -4.34. The molecule has 1 aromatic heterocycles. The molecule has 0 unspecified atom stereocenters. The fraction of sp³-hybridized carbons (Fsp3) is 0.455. The smallest absolute Gasteiger partial charge is 0.489 e. The number of fused-ring (bicyclic) bond motifs is 2. The Morgan fingerprint density at radius 2 is 1.85 bits per heavy atom. The Morgan fingerprint density at radius 1 is 1.04 bits per heavy atom. The Bertz CT molecular complexity index is 1750. The molecular weight excluding hydrogens is 638 g/mol. The first-order valence-electron chi connectivity index (χ1n) is 15.8. The number of nitrogens with zero attached hydrogens (tertiary/aromatic N) is 4. The van der Waals surface area contributed by atoms with Gasteiger partial charge < -0.3 is 19.3 Å². The van der Waals surface area contributed by atoms with E-state index in [1.165, 1.54) is 11.0 Å². The first-order chi connectivity index (χ1) is 23.0. The second-order valence-electron chi connectivity index (χ2n) is 12.5. The number of alkyl halides is 3. The van der Waals surface area contributed by atoms with Crippen LogP contribution in [-0.4, -0.2) is 97.0 Å². The Kier molecular flexibility index (Phi) is 8.68. The van der Waals surface area contributed by atoms with Crippen molar-refractivity contribution in [3.8, 4) is 5.75 Å². The number of carbonyl (C=O) groups is 3. The van der Waals surface area contributed by atoms with Gasteiger partial charge in [0.05, 0.1) is 31.7 Å². The van der Waals surface area contributed by atoms with E-state index in [4.69, 9.17) is 9.47 Å². The third-order valence-corrected chi connectivity index (χ3v) is 9.26. The lowest BCUT2D eigenvalue weighted by Crippen LogP contribution is -2.52. The standard InChI is InChI=1S/C33H33F4N5O6/c34-26-10-19(9-20-11-23(13-38-30(20)26)41-5-7-46-8-6-41)14-40-15-22(18-47-33(35,36)37)28(17-40)48-24-1-2-25-21(12-24)16-42(32(25)45)27-3-4-29(43)39-31(27)44/h1-2,9-13,22,27-28H,3-8,14-18H2,(H,39,43,44)/t22-,27-,28+/m0/s1. The number of carbonyl (C=O) groups excluding carboxylic acids is 3. The number of hydrogen-bond donors (Lipinski definition) is 1. The average molecular weight is 672 g/mol. The largest absolute Gasteiger partial charge is 0.522 e. The lowest BCUT2D eigenvalue weighted by atomic mass is 10.0. The molecule has 0 radical (unpaired) electrons. The van der Waals surface area contributed by atoms with Gasteiger partial charge >= 0.3 is 6.36 Å². The molecule has 3 amide bonds. The molecule has 4 aliphatic heterocycles. The molecule has 0 saturated carbocycles. The molecule has 15 heteroatoms. The molecule has 3 aromatic rings.